The standard InChI is InChI=1S/C13H22N2OS/c1-10(2)5-6-16-8-12-9-17-13(15-12)7-14-11-3-4-11/h9-11,14H,3-8H2,1-2H3. The molecular weight excluding hydrogens is 232 g/mol. The highest BCUT2D eigenvalue weighted by Gasteiger charge is 2.20. The van der Waals surface area contributed by atoms with Crippen molar-refractivity contribution in [2.75, 3.05) is 6.61 Å². The van der Waals surface area contributed by atoms with Gasteiger partial charge in [-0.15, -0.1) is 11.3 Å². The molecule has 1 aromatic rings. The van der Waals surface area contributed by atoms with Crippen molar-refractivity contribution in [3.63, 3.8) is 0 Å². The second-order valence-corrected chi connectivity index (χ2v) is 6.07. The summed E-state index contributed by atoms with van der Waals surface area (Å²) in [5.74, 6) is 0.712. The van der Waals surface area contributed by atoms with Crippen LogP contribution in [0.15, 0.2) is 5.38 Å². The summed E-state index contributed by atoms with van der Waals surface area (Å²) in [4.78, 5) is 4.56. The van der Waals surface area contributed by atoms with E-state index in [1.54, 1.807) is 11.3 Å². The molecule has 0 spiro atoms. The molecule has 2 rings (SSSR count). The molecule has 1 aliphatic rings. The van der Waals surface area contributed by atoms with Gasteiger partial charge in [-0.3, -0.25) is 0 Å². The smallest absolute Gasteiger partial charge is 0.107 e. The van der Waals surface area contributed by atoms with Gasteiger partial charge in [0.2, 0.25) is 0 Å². The summed E-state index contributed by atoms with van der Waals surface area (Å²) < 4.78 is 5.61. The van der Waals surface area contributed by atoms with E-state index in [0.29, 0.717) is 12.5 Å². The van der Waals surface area contributed by atoms with Gasteiger partial charge < -0.3 is 10.1 Å². The first-order valence-corrected chi connectivity index (χ1v) is 7.36. The lowest BCUT2D eigenvalue weighted by molar-refractivity contribution is 0.108. The molecule has 1 N–H and O–H groups in total. The van der Waals surface area contributed by atoms with Gasteiger partial charge in [-0.1, -0.05) is 13.8 Å². The number of rotatable bonds is 8. The Balaban J connectivity index is 1.62. The van der Waals surface area contributed by atoms with Gasteiger partial charge in [0, 0.05) is 24.6 Å². The first kappa shape index (κ1) is 13.0. The number of ether oxygens (including phenoxy) is 1. The van der Waals surface area contributed by atoms with E-state index in [2.05, 4.69) is 29.5 Å². The summed E-state index contributed by atoms with van der Waals surface area (Å²) >= 11 is 1.73. The molecule has 0 amide bonds. The SMILES string of the molecule is CC(C)CCOCc1csc(CNC2CC2)n1. The first-order chi connectivity index (χ1) is 8.24. The summed E-state index contributed by atoms with van der Waals surface area (Å²) in [5, 5.41) is 6.77. The van der Waals surface area contributed by atoms with Gasteiger partial charge in [0.1, 0.15) is 5.01 Å². The Morgan fingerprint density at radius 1 is 1.53 bits per heavy atom. The van der Waals surface area contributed by atoms with Crippen LogP contribution in [0, 0.1) is 5.92 Å². The molecule has 0 radical (unpaired) electrons. The van der Waals surface area contributed by atoms with E-state index < -0.39 is 0 Å². The predicted octanol–water partition coefficient (Wildman–Crippen LogP) is 2.96. The zero-order chi connectivity index (χ0) is 12.1. The quantitative estimate of drug-likeness (QED) is 0.724. The van der Waals surface area contributed by atoms with Crippen molar-refractivity contribution in [1.82, 2.24) is 10.3 Å². The maximum Gasteiger partial charge on any atom is 0.107 e. The van der Waals surface area contributed by atoms with Crippen molar-refractivity contribution >= 4 is 11.3 Å². The molecule has 17 heavy (non-hydrogen) atoms. The van der Waals surface area contributed by atoms with E-state index in [1.165, 1.54) is 17.8 Å². The van der Waals surface area contributed by atoms with Crippen LogP contribution in [-0.2, 0) is 17.9 Å². The summed E-state index contributed by atoms with van der Waals surface area (Å²) in [6.45, 7) is 6.85. The number of nitrogens with one attached hydrogen (secondary N) is 1. The Kier molecular flexibility index (Phi) is 4.95. The zero-order valence-corrected chi connectivity index (χ0v) is 11.6. The lowest BCUT2D eigenvalue weighted by Gasteiger charge is -2.04. The average Bonchev–Trinajstić information content (AvgIpc) is 3.01. The number of thiazole rings is 1. The van der Waals surface area contributed by atoms with E-state index in [9.17, 15) is 0 Å². The average molecular weight is 254 g/mol. The van der Waals surface area contributed by atoms with Crippen LogP contribution in [-0.4, -0.2) is 17.6 Å². The monoisotopic (exact) mass is 254 g/mol. The molecule has 1 saturated carbocycles. The molecule has 3 nitrogen and oxygen atoms in total. The molecule has 0 aliphatic heterocycles. The van der Waals surface area contributed by atoms with Gasteiger partial charge >= 0.3 is 0 Å². The molecule has 0 bridgehead atoms. The molecule has 0 saturated heterocycles. The van der Waals surface area contributed by atoms with E-state index in [-0.39, 0.29) is 0 Å². The largest absolute Gasteiger partial charge is 0.375 e. The molecule has 0 atom stereocenters. The summed E-state index contributed by atoms with van der Waals surface area (Å²) in [7, 11) is 0. The van der Waals surface area contributed by atoms with Crippen LogP contribution < -0.4 is 5.32 Å². The van der Waals surface area contributed by atoms with Gasteiger partial charge in [0.15, 0.2) is 0 Å². The Hall–Kier alpha value is -0.450. The number of hydrogen-bond donors (Lipinski definition) is 1. The third-order valence-electron chi connectivity index (χ3n) is 2.81. The number of aromatic nitrogens is 1. The molecule has 96 valence electrons. The fraction of sp³-hybridized carbons (Fsp3) is 0.769. The maximum atomic E-state index is 5.61. The highest BCUT2D eigenvalue weighted by Crippen LogP contribution is 2.20. The van der Waals surface area contributed by atoms with Crippen LogP contribution >= 0.6 is 11.3 Å². The molecule has 1 aromatic heterocycles. The van der Waals surface area contributed by atoms with Crippen LogP contribution in [0.2, 0.25) is 0 Å². The van der Waals surface area contributed by atoms with E-state index >= 15 is 0 Å². The maximum absolute atomic E-state index is 5.61. The lowest BCUT2D eigenvalue weighted by Crippen LogP contribution is -2.15. The summed E-state index contributed by atoms with van der Waals surface area (Å²) in [5.41, 5.74) is 1.08. The molecule has 1 fully saturated rings. The fourth-order valence-corrected chi connectivity index (χ4v) is 2.24. The molecule has 0 unspecified atom stereocenters. The second kappa shape index (κ2) is 6.47. The van der Waals surface area contributed by atoms with Crippen LogP contribution in [0.5, 0.6) is 0 Å². The minimum absolute atomic E-state index is 0.659. The van der Waals surface area contributed by atoms with E-state index in [0.717, 1.165) is 31.3 Å². The predicted molar refractivity (Wildman–Crippen MR) is 71.1 cm³/mol. The first-order valence-electron chi connectivity index (χ1n) is 6.48. The van der Waals surface area contributed by atoms with Crippen molar-refractivity contribution < 1.29 is 4.74 Å². The van der Waals surface area contributed by atoms with E-state index in [1.807, 2.05) is 0 Å². The fourth-order valence-electron chi connectivity index (χ4n) is 1.51. The summed E-state index contributed by atoms with van der Waals surface area (Å²) in [6, 6.07) is 0.754. The van der Waals surface area contributed by atoms with Gasteiger partial charge in [0.05, 0.1) is 12.3 Å². The van der Waals surface area contributed by atoms with Crippen LogP contribution in [0.4, 0.5) is 0 Å². The van der Waals surface area contributed by atoms with Gasteiger partial charge in [-0.25, -0.2) is 4.98 Å². The van der Waals surface area contributed by atoms with Crippen molar-refractivity contribution in [1.29, 1.82) is 0 Å². The van der Waals surface area contributed by atoms with Crippen molar-refractivity contribution in [3.05, 3.63) is 16.1 Å². The van der Waals surface area contributed by atoms with Gasteiger partial charge in [-0.2, -0.15) is 0 Å². The molecule has 0 aromatic carbocycles. The van der Waals surface area contributed by atoms with Crippen LogP contribution in [0.3, 0.4) is 0 Å². The Labute approximate surface area is 108 Å². The Bertz CT molecular complexity index is 334. The van der Waals surface area contributed by atoms with Gasteiger partial charge in [-0.05, 0) is 25.2 Å². The van der Waals surface area contributed by atoms with Crippen LogP contribution in [0.25, 0.3) is 0 Å². The zero-order valence-electron chi connectivity index (χ0n) is 10.7. The third-order valence-corrected chi connectivity index (χ3v) is 3.71. The molecule has 4 heteroatoms. The second-order valence-electron chi connectivity index (χ2n) is 5.12. The topological polar surface area (TPSA) is 34.1 Å². The molecular formula is C13H22N2OS. The minimum Gasteiger partial charge on any atom is -0.375 e. The summed E-state index contributed by atoms with van der Waals surface area (Å²) in [6.07, 6.45) is 3.79. The Morgan fingerprint density at radius 3 is 3.06 bits per heavy atom. The van der Waals surface area contributed by atoms with Crippen LogP contribution in [0.1, 0.15) is 43.8 Å². The number of nitrogens with zero attached hydrogens (tertiary/aromatic N) is 1. The molecule has 1 heterocycles. The highest BCUT2D eigenvalue weighted by atomic mass is 32.1. The van der Waals surface area contributed by atoms with Crippen molar-refractivity contribution in [2.24, 2.45) is 5.92 Å². The van der Waals surface area contributed by atoms with Gasteiger partial charge in [0.25, 0.3) is 0 Å². The van der Waals surface area contributed by atoms with Crippen molar-refractivity contribution in [3.8, 4) is 0 Å². The number of hydrogen-bond acceptors (Lipinski definition) is 4. The highest BCUT2D eigenvalue weighted by molar-refractivity contribution is 7.09. The lowest BCUT2D eigenvalue weighted by atomic mass is 10.1. The minimum atomic E-state index is 0.659. The molecule has 1 aliphatic carbocycles. The van der Waals surface area contributed by atoms with E-state index in [4.69, 9.17) is 4.74 Å². The Morgan fingerprint density at radius 2 is 2.35 bits per heavy atom. The third kappa shape index (κ3) is 5.15. The normalized spacial score (nSPS) is 15.7. The van der Waals surface area contributed by atoms with Crippen molar-refractivity contribution in [2.45, 2.75) is 52.3 Å².